The molecule has 0 aliphatic heterocycles. The van der Waals surface area contributed by atoms with Crippen LogP contribution in [0.3, 0.4) is 0 Å². The molecule has 1 aromatic heterocycles. The van der Waals surface area contributed by atoms with Gasteiger partial charge < -0.3 is 19.0 Å². The molecule has 0 spiro atoms. The van der Waals surface area contributed by atoms with E-state index in [1.807, 2.05) is 12.1 Å². The van der Waals surface area contributed by atoms with Crippen LogP contribution in [-0.4, -0.2) is 41.4 Å². The summed E-state index contributed by atoms with van der Waals surface area (Å²) in [5.41, 5.74) is 1.53. The van der Waals surface area contributed by atoms with Crippen LogP contribution >= 0.6 is 0 Å². The minimum atomic E-state index is -1.46. The summed E-state index contributed by atoms with van der Waals surface area (Å²) in [4.78, 5) is 37.7. The van der Waals surface area contributed by atoms with E-state index in [4.69, 9.17) is 9.15 Å². The van der Waals surface area contributed by atoms with E-state index in [0.717, 1.165) is 4.57 Å². The largest absolute Gasteiger partial charge is 0.469 e. The van der Waals surface area contributed by atoms with Crippen LogP contribution in [-0.2, 0) is 19.1 Å². The van der Waals surface area contributed by atoms with Crippen molar-refractivity contribution in [2.75, 3.05) is 13.7 Å². The third kappa shape index (κ3) is 5.48. The molecule has 0 fully saturated rings. The Bertz CT molecular complexity index is 1150. The highest BCUT2D eigenvalue weighted by molar-refractivity contribution is 5.81. The molecule has 1 heterocycles. The molecule has 0 aliphatic rings. The SMILES string of the molecule is C=CCOC(=O)[C@H]([C@@H](O)CCC(=O)OC)n1c(-c2ccccc2)c(-c2ccccc2)oc1=O. The number of methoxy groups -OCH3 is 1. The number of carbonyl (C=O) groups is 2. The number of hydrogen-bond acceptors (Lipinski definition) is 7. The third-order valence-electron chi connectivity index (χ3n) is 5.02. The normalized spacial score (nSPS) is 12.5. The number of rotatable bonds is 10. The minimum Gasteiger partial charge on any atom is -0.469 e. The van der Waals surface area contributed by atoms with Gasteiger partial charge in [-0.05, 0) is 6.42 Å². The van der Waals surface area contributed by atoms with Crippen molar-refractivity contribution in [3.05, 3.63) is 83.9 Å². The number of aliphatic hydroxyl groups is 1. The summed E-state index contributed by atoms with van der Waals surface area (Å²) < 4.78 is 16.5. The zero-order chi connectivity index (χ0) is 23.8. The predicted molar refractivity (Wildman–Crippen MR) is 121 cm³/mol. The predicted octanol–water partition coefficient (Wildman–Crippen LogP) is 3.36. The maximum Gasteiger partial charge on any atom is 0.420 e. The molecule has 0 saturated carbocycles. The van der Waals surface area contributed by atoms with E-state index in [1.165, 1.54) is 13.2 Å². The van der Waals surface area contributed by atoms with Crippen molar-refractivity contribution >= 4 is 11.9 Å². The van der Waals surface area contributed by atoms with Gasteiger partial charge in [-0.3, -0.25) is 9.36 Å². The van der Waals surface area contributed by atoms with Gasteiger partial charge in [-0.15, -0.1) is 0 Å². The van der Waals surface area contributed by atoms with Gasteiger partial charge in [0.15, 0.2) is 11.8 Å². The monoisotopic (exact) mass is 451 g/mol. The van der Waals surface area contributed by atoms with Crippen LogP contribution in [0.5, 0.6) is 0 Å². The van der Waals surface area contributed by atoms with Crippen LogP contribution in [0.2, 0.25) is 0 Å². The summed E-state index contributed by atoms with van der Waals surface area (Å²) in [5.74, 6) is -2.01. The number of aliphatic hydroxyl groups excluding tert-OH is 1. The van der Waals surface area contributed by atoms with Crippen LogP contribution in [0.1, 0.15) is 18.9 Å². The molecular formula is C25H25NO7. The molecule has 0 radical (unpaired) electrons. The third-order valence-corrected chi connectivity index (χ3v) is 5.02. The van der Waals surface area contributed by atoms with Crippen molar-refractivity contribution < 1.29 is 28.6 Å². The molecule has 1 N–H and O–H groups in total. The summed E-state index contributed by atoms with van der Waals surface area (Å²) in [6.07, 6.45) is -0.335. The van der Waals surface area contributed by atoms with E-state index in [9.17, 15) is 19.5 Å². The molecule has 0 saturated heterocycles. The molecule has 8 nitrogen and oxygen atoms in total. The maximum absolute atomic E-state index is 13.1. The fourth-order valence-electron chi connectivity index (χ4n) is 3.48. The van der Waals surface area contributed by atoms with Crippen LogP contribution in [0.15, 0.2) is 82.5 Å². The van der Waals surface area contributed by atoms with E-state index in [1.54, 1.807) is 48.5 Å². The summed E-state index contributed by atoms with van der Waals surface area (Å²) in [5, 5.41) is 10.9. The number of esters is 2. The van der Waals surface area contributed by atoms with Gasteiger partial charge in [-0.1, -0.05) is 73.3 Å². The Morgan fingerprint density at radius 1 is 1.09 bits per heavy atom. The lowest BCUT2D eigenvalue weighted by Crippen LogP contribution is -2.38. The highest BCUT2D eigenvalue weighted by Gasteiger charge is 2.36. The van der Waals surface area contributed by atoms with Crippen LogP contribution < -0.4 is 5.76 Å². The standard InChI is InChI=1S/C25H25NO7/c1-3-16-32-24(29)22(19(27)14-15-20(28)31-2)26-21(17-10-6-4-7-11-17)23(33-25(26)30)18-12-8-5-9-13-18/h3-13,19,22,27H,1,14-16H2,2H3/t19-,22-/m0/s1. The molecular weight excluding hydrogens is 426 g/mol. The lowest BCUT2D eigenvalue weighted by atomic mass is 10.0. The first-order valence-corrected chi connectivity index (χ1v) is 10.4. The number of benzene rings is 2. The van der Waals surface area contributed by atoms with Crippen LogP contribution in [0, 0.1) is 0 Å². The Balaban J connectivity index is 2.19. The molecule has 172 valence electrons. The second kappa shape index (κ2) is 11.1. The van der Waals surface area contributed by atoms with Gasteiger partial charge in [0.25, 0.3) is 0 Å². The first-order chi connectivity index (χ1) is 16.0. The summed E-state index contributed by atoms with van der Waals surface area (Å²) >= 11 is 0. The molecule has 3 rings (SSSR count). The molecule has 0 amide bonds. The topological polar surface area (TPSA) is 108 Å². The van der Waals surface area contributed by atoms with Gasteiger partial charge in [-0.2, -0.15) is 0 Å². The molecule has 2 aromatic carbocycles. The number of oxazole rings is 1. The number of hydrogen-bond donors (Lipinski definition) is 1. The molecule has 2 atom stereocenters. The Hall–Kier alpha value is -3.91. The van der Waals surface area contributed by atoms with Crippen molar-refractivity contribution in [2.24, 2.45) is 0 Å². The lowest BCUT2D eigenvalue weighted by Gasteiger charge is -2.23. The van der Waals surface area contributed by atoms with Crippen LogP contribution in [0.25, 0.3) is 22.6 Å². The van der Waals surface area contributed by atoms with E-state index in [-0.39, 0.29) is 25.2 Å². The second-order valence-electron chi connectivity index (χ2n) is 7.19. The number of carbonyl (C=O) groups excluding carboxylic acids is 2. The molecule has 0 aliphatic carbocycles. The Morgan fingerprint density at radius 3 is 2.27 bits per heavy atom. The first kappa shape index (κ1) is 23.7. The van der Waals surface area contributed by atoms with Gasteiger partial charge in [-0.25, -0.2) is 9.59 Å². The molecule has 0 bridgehead atoms. The van der Waals surface area contributed by atoms with Gasteiger partial charge >= 0.3 is 17.7 Å². The molecule has 0 unspecified atom stereocenters. The van der Waals surface area contributed by atoms with Crippen molar-refractivity contribution in [3.63, 3.8) is 0 Å². The summed E-state index contributed by atoms with van der Waals surface area (Å²) in [6.45, 7) is 3.41. The average molecular weight is 451 g/mol. The highest BCUT2D eigenvalue weighted by Crippen LogP contribution is 2.34. The van der Waals surface area contributed by atoms with E-state index in [0.29, 0.717) is 16.8 Å². The lowest BCUT2D eigenvalue weighted by molar-refractivity contribution is -0.151. The zero-order valence-corrected chi connectivity index (χ0v) is 18.2. The number of nitrogens with zero attached hydrogens (tertiary/aromatic N) is 1. The molecule has 8 heteroatoms. The highest BCUT2D eigenvalue weighted by atomic mass is 16.5. The molecule has 33 heavy (non-hydrogen) atoms. The maximum atomic E-state index is 13.1. The van der Waals surface area contributed by atoms with Crippen molar-refractivity contribution in [3.8, 4) is 22.6 Å². The first-order valence-electron chi connectivity index (χ1n) is 10.4. The van der Waals surface area contributed by atoms with Crippen molar-refractivity contribution in [1.29, 1.82) is 0 Å². The Labute approximate surface area is 190 Å². The fraction of sp³-hybridized carbons (Fsp3) is 0.240. The number of ether oxygens (including phenoxy) is 2. The Morgan fingerprint density at radius 2 is 1.70 bits per heavy atom. The fourth-order valence-corrected chi connectivity index (χ4v) is 3.48. The Kier molecular flexibility index (Phi) is 7.99. The van der Waals surface area contributed by atoms with Crippen molar-refractivity contribution in [1.82, 2.24) is 4.57 Å². The second-order valence-corrected chi connectivity index (χ2v) is 7.19. The van der Waals surface area contributed by atoms with E-state index < -0.39 is 29.8 Å². The minimum absolute atomic E-state index is 0.113. The van der Waals surface area contributed by atoms with Gasteiger partial charge in [0.2, 0.25) is 0 Å². The van der Waals surface area contributed by atoms with E-state index >= 15 is 0 Å². The van der Waals surface area contributed by atoms with Gasteiger partial charge in [0.05, 0.1) is 18.9 Å². The number of aromatic nitrogens is 1. The quantitative estimate of drug-likeness (QED) is 0.372. The average Bonchev–Trinajstić information content (AvgIpc) is 3.19. The van der Waals surface area contributed by atoms with E-state index in [2.05, 4.69) is 11.3 Å². The zero-order valence-electron chi connectivity index (χ0n) is 18.2. The van der Waals surface area contributed by atoms with Crippen molar-refractivity contribution in [2.45, 2.75) is 25.0 Å². The van der Waals surface area contributed by atoms with Gasteiger partial charge in [0.1, 0.15) is 6.61 Å². The van der Waals surface area contributed by atoms with Gasteiger partial charge in [0, 0.05) is 17.5 Å². The van der Waals surface area contributed by atoms with Crippen LogP contribution in [0.4, 0.5) is 0 Å². The molecule has 3 aromatic rings. The smallest absolute Gasteiger partial charge is 0.420 e. The summed E-state index contributed by atoms with van der Waals surface area (Å²) in [7, 11) is 1.23. The summed E-state index contributed by atoms with van der Waals surface area (Å²) in [6, 6.07) is 16.4.